The molecule has 0 atom stereocenters. The number of hydrogen-bond donors (Lipinski definition) is 3. The molecule has 0 aliphatic carbocycles. The zero-order valence-electron chi connectivity index (χ0n) is 7.84. The standard InChI is InChI=1S/C10H13N3O/c11-12-6-7-1-3-9-8(5-7)2-4-10(14)13-9/h1,3,5,12H,2,4,6,11H2,(H,13,14). The van der Waals surface area contributed by atoms with Crippen LogP contribution in [-0.4, -0.2) is 5.91 Å². The minimum atomic E-state index is 0.0993. The molecule has 1 amide bonds. The normalized spacial score (nSPS) is 14.8. The van der Waals surface area contributed by atoms with Gasteiger partial charge in [0.2, 0.25) is 5.91 Å². The third-order valence-corrected chi connectivity index (χ3v) is 2.37. The van der Waals surface area contributed by atoms with Crippen molar-refractivity contribution in [3.8, 4) is 0 Å². The number of hydrazine groups is 1. The minimum Gasteiger partial charge on any atom is -0.326 e. The summed E-state index contributed by atoms with van der Waals surface area (Å²) < 4.78 is 0. The van der Waals surface area contributed by atoms with E-state index in [1.807, 2.05) is 12.1 Å². The molecular formula is C10H13N3O. The number of nitrogens with two attached hydrogens (primary N) is 1. The van der Waals surface area contributed by atoms with Crippen molar-refractivity contribution in [1.82, 2.24) is 5.43 Å². The highest BCUT2D eigenvalue weighted by atomic mass is 16.1. The van der Waals surface area contributed by atoms with Gasteiger partial charge >= 0.3 is 0 Å². The maximum absolute atomic E-state index is 11.1. The lowest BCUT2D eigenvalue weighted by Gasteiger charge is -2.17. The molecule has 1 aromatic rings. The van der Waals surface area contributed by atoms with Gasteiger partial charge in [-0.1, -0.05) is 12.1 Å². The molecule has 1 aliphatic rings. The number of aryl methyl sites for hydroxylation is 1. The van der Waals surface area contributed by atoms with Crippen LogP contribution in [0.25, 0.3) is 0 Å². The van der Waals surface area contributed by atoms with Crippen LogP contribution in [-0.2, 0) is 17.8 Å². The van der Waals surface area contributed by atoms with Crippen LogP contribution in [0, 0.1) is 0 Å². The number of rotatable bonds is 2. The lowest BCUT2D eigenvalue weighted by molar-refractivity contribution is -0.116. The quantitative estimate of drug-likeness (QED) is 0.472. The number of benzene rings is 1. The van der Waals surface area contributed by atoms with Crippen molar-refractivity contribution in [2.45, 2.75) is 19.4 Å². The van der Waals surface area contributed by atoms with Gasteiger partial charge in [0.05, 0.1) is 0 Å². The first kappa shape index (κ1) is 9.18. The molecule has 1 aromatic carbocycles. The number of amides is 1. The van der Waals surface area contributed by atoms with Gasteiger partial charge in [-0.3, -0.25) is 16.1 Å². The SMILES string of the molecule is NNCc1ccc2c(c1)CCC(=O)N2. The van der Waals surface area contributed by atoms with E-state index in [0.717, 1.165) is 17.7 Å². The van der Waals surface area contributed by atoms with E-state index in [0.29, 0.717) is 13.0 Å². The van der Waals surface area contributed by atoms with Gasteiger partial charge in [0.15, 0.2) is 0 Å². The molecule has 0 aromatic heterocycles. The number of hydrogen-bond acceptors (Lipinski definition) is 3. The van der Waals surface area contributed by atoms with E-state index in [4.69, 9.17) is 5.84 Å². The Morgan fingerprint density at radius 1 is 1.43 bits per heavy atom. The van der Waals surface area contributed by atoms with Crippen molar-refractivity contribution >= 4 is 11.6 Å². The Morgan fingerprint density at radius 3 is 3.07 bits per heavy atom. The molecule has 0 radical (unpaired) electrons. The van der Waals surface area contributed by atoms with Gasteiger partial charge in [-0.25, -0.2) is 0 Å². The van der Waals surface area contributed by atoms with Gasteiger partial charge in [-0.05, 0) is 23.6 Å². The van der Waals surface area contributed by atoms with Gasteiger partial charge in [-0.2, -0.15) is 0 Å². The lowest BCUT2D eigenvalue weighted by Crippen LogP contribution is -2.22. The second-order valence-electron chi connectivity index (χ2n) is 3.42. The molecule has 0 unspecified atom stereocenters. The fourth-order valence-corrected chi connectivity index (χ4v) is 1.66. The molecule has 1 heterocycles. The highest BCUT2D eigenvalue weighted by molar-refractivity contribution is 5.93. The molecule has 1 aliphatic heterocycles. The topological polar surface area (TPSA) is 67.1 Å². The van der Waals surface area contributed by atoms with E-state index in [1.165, 1.54) is 5.56 Å². The number of anilines is 1. The second-order valence-corrected chi connectivity index (χ2v) is 3.42. The Bertz CT molecular complexity index is 362. The summed E-state index contributed by atoms with van der Waals surface area (Å²) in [5, 5.41) is 2.84. The van der Waals surface area contributed by atoms with E-state index in [9.17, 15) is 4.79 Å². The predicted molar refractivity (Wildman–Crippen MR) is 54.4 cm³/mol. The average molecular weight is 191 g/mol. The summed E-state index contributed by atoms with van der Waals surface area (Å²) >= 11 is 0. The molecule has 4 N–H and O–H groups in total. The third-order valence-electron chi connectivity index (χ3n) is 2.37. The fraction of sp³-hybridized carbons (Fsp3) is 0.300. The van der Waals surface area contributed by atoms with E-state index in [2.05, 4.69) is 16.8 Å². The minimum absolute atomic E-state index is 0.0993. The first-order chi connectivity index (χ1) is 6.79. The number of nitrogens with one attached hydrogen (secondary N) is 2. The first-order valence-corrected chi connectivity index (χ1v) is 4.65. The van der Waals surface area contributed by atoms with Crippen molar-refractivity contribution in [3.63, 3.8) is 0 Å². The van der Waals surface area contributed by atoms with E-state index < -0.39 is 0 Å². The van der Waals surface area contributed by atoms with Gasteiger partial charge in [0.25, 0.3) is 0 Å². The molecule has 0 saturated carbocycles. The summed E-state index contributed by atoms with van der Waals surface area (Å²) in [5.41, 5.74) is 5.88. The Balaban J connectivity index is 2.26. The average Bonchev–Trinajstić information content (AvgIpc) is 2.19. The van der Waals surface area contributed by atoms with Crippen LogP contribution in [0.4, 0.5) is 5.69 Å². The van der Waals surface area contributed by atoms with Crippen LogP contribution in [0.5, 0.6) is 0 Å². The molecule has 0 spiro atoms. The summed E-state index contributed by atoms with van der Waals surface area (Å²) in [7, 11) is 0. The van der Waals surface area contributed by atoms with Gasteiger partial charge < -0.3 is 5.32 Å². The molecule has 4 nitrogen and oxygen atoms in total. The monoisotopic (exact) mass is 191 g/mol. The Hall–Kier alpha value is -1.39. The van der Waals surface area contributed by atoms with Crippen molar-refractivity contribution in [2.24, 2.45) is 5.84 Å². The number of fused-ring (bicyclic) bond motifs is 1. The van der Waals surface area contributed by atoms with E-state index in [-0.39, 0.29) is 5.91 Å². The smallest absolute Gasteiger partial charge is 0.224 e. The van der Waals surface area contributed by atoms with E-state index >= 15 is 0 Å². The van der Waals surface area contributed by atoms with Crippen LogP contribution < -0.4 is 16.6 Å². The van der Waals surface area contributed by atoms with Crippen molar-refractivity contribution in [1.29, 1.82) is 0 Å². The Kier molecular flexibility index (Phi) is 2.47. The van der Waals surface area contributed by atoms with Crippen LogP contribution in [0.2, 0.25) is 0 Å². The number of carbonyl (C=O) groups excluding carboxylic acids is 1. The highest BCUT2D eigenvalue weighted by Crippen LogP contribution is 2.23. The van der Waals surface area contributed by atoms with Crippen LogP contribution in [0.15, 0.2) is 18.2 Å². The Morgan fingerprint density at radius 2 is 2.29 bits per heavy atom. The molecule has 0 bridgehead atoms. The lowest BCUT2D eigenvalue weighted by atomic mass is 10.0. The van der Waals surface area contributed by atoms with Crippen LogP contribution >= 0.6 is 0 Å². The molecule has 74 valence electrons. The summed E-state index contributed by atoms with van der Waals surface area (Å²) in [6, 6.07) is 5.97. The highest BCUT2D eigenvalue weighted by Gasteiger charge is 2.14. The second kappa shape index (κ2) is 3.77. The van der Waals surface area contributed by atoms with Gasteiger partial charge in [-0.15, -0.1) is 0 Å². The maximum Gasteiger partial charge on any atom is 0.224 e. The van der Waals surface area contributed by atoms with Crippen molar-refractivity contribution in [3.05, 3.63) is 29.3 Å². The zero-order chi connectivity index (χ0) is 9.97. The van der Waals surface area contributed by atoms with Crippen LogP contribution in [0.3, 0.4) is 0 Å². The number of carbonyl (C=O) groups is 1. The molecular weight excluding hydrogens is 178 g/mol. The maximum atomic E-state index is 11.1. The molecule has 4 heteroatoms. The largest absolute Gasteiger partial charge is 0.326 e. The fourth-order valence-electron chi connectivity index (χ4n) is 1.66. The summed E-state index contributed by atoms with van der Waals surface area (Å²) in [6.45, 7) is 0.654. The zero-order valence-corrected chi connectivity index (χ0v) is 7.84. The molecule has 0 saturated heterocycles. The van der Waals surface area contributed by atoms with Crippen LogP contribution in [0.1, 0.15) is 17.5 Å². The molecule has 0 fully saturated rings. The molecule has 14 heavy (non-hydrogen) atoms. The van der Waals surface area contributed by atoms with E-state index in [1.54, 1.807) is 0 Å². The third kappa shape index (κ3) is 1.76. The predicted octanol–water partition coefficient (Wildman–Crippen LogP) is 0.535. The van der Waals surface area contributed by atoms with Crippen molar-refractivity contribution < 1.29 is 4.79 Å². The summed E-state index contributed by atoms with van der Waals surface area (Å²) in [6.07, 6.45) is 1.39. The summed E-state index contributed by atoms with van der Waals surface area (Å²) in [4.78, 5) is 11.1. The van der Waals surface area contributed by atoms with Crippen molar-refractivity contribution in [2.75, 3.05) is 5.32 Å². The van der Waals surface area contributed by atoms with Gasteiger partial charge in [0, 0.05) is 18.7 Å². The Labute approximate surface area is 82.5 Å². The summed E-state index contributed by atoms with van der Waals surface area (Å²) in [5.74, 6) is 5.34. The molecule has 2 rings (SSSR count). The first-order valence-electron chi connectivity index (χ1n) is 4.65. The van der Waals surface area contributed by atoms with Gasteiger partial charge in [0.1, 0.15) is 0 Å².